The van der Waals surface area contributed by atoms with Gasteiger partial charge < -0.3 is 9.26 Å². The molecular formula is C16H21N3O4S. The zero-order valence-electron chi connectivity index (χ0n) is 14.0. The number of sulfonamides is 1. The molecule has 0 saturated carbocycles. The Labute approximate surface area is 141 Å². The predicted octanol–water partition coefficient (Wildman–Crippen LogP) is 1.74. The van der Waals surface area contributed by atoms with Crippen molar-refractivity contribution >= 4 is 10.0 Å². The van der Waals surface area contributed by atoms with E-state index in [4.69, 9.17) is 9.26 Å². The van der Waals surface area contributed by atoms with Crippen LogP contribution in [0.4, 0.5) is 0 Å². The number of hydrogen-bond donors (Lipinski definition) is 0. The van der Waals surface area contributed by atoms with Gasteiger partial charge >= 0.3 is 0 Å². The van der Waals surface area contributed by atoms with Crippen LogP contribution in [0, 0.1) is 19.8 Å². The Bertz CT molecular complexity index is 801. The maximum Gasteiger partial charge on any atom is 0.243 e. The molecule has 1 aromatic carbocycles. The largest absolute Gasteiger partial charge is 0.384 e. The maximum atomic E-state index is 12.9. The maximum absolute atomic E-state index is 12.9. The van der Waals surface area contributed by atoms with Crippen molar-refractivity contribution in [2.24, 2.45) is 5.92 Å². The summed E-state index contributed by atoms with van der Waals surface area (Å²) in [7, 11) is -1.95. The normalized spacial score (nSPS) is 22.1. The molecule has 1 aliphatic rings. The standard InChI is InChI=1S/C16H21N3O4S/c1-11-4-6-14(7-5-11)24(20,21)19-8-13(10-22-3)15(9-19)16-17-12(2)18-23-16/h4-7,13,15H,8-10H2,1-3H3/t13-,15+/m0/s1. The first-order chi connectivity index (χ1) is 11.4. The molecule has 1 fully saturated rings. The second-order valence-corrected chi connectivity index (χ2v) is 8.07. The second-order valence-electron chi connectivity index (χ2n) is 6.14. The summed E-state index contributed by atoms with van der Waals surface area (Å²) in [6, 6.07) is 6.88. The van der Waals surface area contributed by atoms with Gasteiger partial charge in [0.2, 0.25) is 15.9 Å². The molecule has 130 valence electrons. The molecule has 2 heterocycles. The fraction of sp³-hybridized carbons (Fsp3) is 0.500. The first-order valence-electron chi connectivity index (χ1n) is 7.78. The van der Waals surface area contributed by atoms with Crippen LogP contribution in [0.5, 0.6) is 0 Å². The van der Waals surface area contributed by atoms with E-state index in [1.54, 1.807) is 38.3 Å². The van der Waals surface area contributed by atoms with Gasteiger partial charge in [-0.2, -0.15) is 9.29 Å². The Morgan fingerprint density at radius 1 is 1.25 bits per heavy atom. The molecule has 3 rings (SSSR count). The Hall–Kier alpha value is -1.77. The van der Waals surface area contributed by atoms with Crippen molar-refractivity contribution in [1.29, 1.82) is 0 Å². The molecule has 0 radical (unpaired) electrons. The first-order valence-corrected chi connectivity index (χ1v) is 9.22. The number of methoxy groups -OCH3 is 1. The lowest BCUT2D eigenvalue weighted by Gasteiger charge is -2.16. The molecule has 0 amide bonds. The Morgan fingerprint density at radius 3 is 2.54 bits per heavy atom. The SMILES string of the molecule is COC[C@@H]1CN(S(=O)(=O)c2ccc(C)cc2)C[C@H]1c1nc(C)no1. The minimum Gasteiger partial charge on any atom is -0.384 e. The van der Waals surface area contributed by atoms with Gasteiger partial charge in [-0.3, -0.25) is 0 Å². The highest BCUT2D eigenvalue weighted by atomic mass is 32.2. The molecule has 24 heavy (non-hydrogen) atoms. The van der Waals surface area contributed by atoms with Gasteiger partial charge in [0.25, 0.3) is 0 Å². The highest BCUT2D eigenvalue weighted by molar-refractivity contribution is 7.89. The number of benzene rings is 1. The Balaban J connectivity index is 1.88. The molecule has 2 atom stereocenters. The van der Waals surface area contributed by atoms with Crippen molar-refractivity contribution < 1.29 is 17.7 Å². The van der Waals surface area contributed by atoms with Gasteiger partial charge in [0, 0.05) is 26.1 Å². The van der Waals surface area contributed by atoms with Gasteiger partial charge in [0.1, 0.15) is 0 Å². The molecule has 1 aromatic heterocycles. The number of ether oxygens (including phenoxy) is 1. The summed E-state index contributed by atoms with van der Waals surface area (Å²) in [5.41, 5.74) is 1.02. The minimum absolute atomic E-state index is 0.0185. The van der Waals surface area contributed by atoms with Crippen LogP contribution in [0.2, 0.25) is 0 Å². The van der Waals surface area contributed by atoms with Crippen molar-refractivity contribution in [2.45, 2.75) is 24.7 Å². The zero-order valence-corrected chi connectivity index (χ0v) is 14.8. The quantitative estimate of drug-likeness (QED) is 0.816. The van der Waals surface area contributed by atoms with Crippen LogP contribution in [0.1, 0.15) is 23.2 Å². The van der Waals surface area contributed by atoms with Crippen molar-refractivity contribution in [3.63, 3.8) is 0 Å². The van der Waals surface area contributed by atoms with Gasteiger partial charge in [0.15, 0.2) is 5.82 Å². The molecule has 1 aliphatic heterocycles. The average Bonchev–Trinajstić information content (AvgIpc) is 3.15. The second kappa shape index (κ2) is 6.62. The first kappa shape index (κ1) is 17.1. The van der Waals surface area contributed by atoms with Gasteiger partial charge in [-0.15, -0.1) is 0 Å². The molecule has 0 bridgehead atoms. The third kappa shape index (κ3) is 3.22. The van der Waals surface area contributed by atoms with Crippen LogP contribution in [-0.2, 0) is 14.8 Å². The van der Waals surface area contributed by atoms with Crippen LogP contribution in [0.25, 0.3) is 0 Å². The summed E-state index contributed by atoms with van der Waals surface area (Å²) in [5.74, 6) is 0.832. The van der Waals surface area contributed by atoms with Crippen LogP contribution >= 0.6 is 0 Å². The summed E-state index contributed by atoms with van der Waals surface area (Å²) in [6.07, 6.45) is 0. The minimum atomic E-state index is -3.55. The topological polar surface area (TPSA) is 85.5 Å². The monoisotopic (exact) mass is 351 g/mol. The van der Waals surface area contributed by atoms with E-state index in [-0.39, 0.29) is 11.8 Å². The molecule has 0 unspecified atom stereocenters. The number of aromatic nitrogens is 2. The van der Waals surface area contributed by atoms with E-state index in [1.807, 2.05) is 6.92 Å². The van der Waals surface area contributed by atoms with E-state index in [1.165, 1.54) is 4.31 Å². The smallest absolute Gasteiger partial charge is 0.243 e. The van der Waals surface area contributed by atoms with E-state index < -0.39 is 10.0 Å². The van der Waals surface area contributed by atoms with E-state index >= 15 is 0 Å². The van der Waals surface area contributed by atoms with Crippen LogP contribution in [0.15, 0.2) is 33.7 Å². The van der Waals surface area contributed by atoms with Crippen molar-refractivity contribution in [1.82, 2.24) is 14.4 Å². The lowest BCUT2D eigenvalue weighted by Crippen LogP contribution is -2.29. The molecule has 8 heteroatoms. The zero-order chi connectivity index (χ0) is 17.3. The summed E-state index contributed by atoms with van der Waals surface area (Å²) in [4.78, 5) is 4.57. The van der Waals surface area contributed by atoms with Crippen LogP contribution in [0.3, 0.4) is 0 Å². The summed E-state index contributed by atoms with van der Waals surface area (Å²) < 4.78 is 37.8. The van der Waals surface area contributed by atoms with E-state index in [0.29, 0.717) is 36.3 Å². The molecule has 7 nitrogen and oxygen atoms in total. The lowest BCUT2D eigenvalue weighted by atomic mass is 9.97. The van der Waals surface area contributed by atoms with Gasteiger partial charge in [-0.25, -0.2) is 8.42 Å². The number of aryl methyl sites for hydroxylation is 2. The third-order valence-corrected chi connectivity index (χ3v) is 6.15. The van der Waals surface area contributed by atoms with Crippen LogP contribution < -0.4 is 0 Å². The van der Waals surface area contributed by atoms with Gasteiger partial charge in [-0.1, -0.05) is 22.9 Å². The molecule has 2 aromatic rings. The van der Waals surface area contributed by atoms with Crippen LogP contribution in [-0.4, -0.2) is 49.7 Å². The molecule has 0 N–H and O–H groups in total. The summed E-state index contributed by atoms with van der Waals surface area (Å²) in [6.45, 7) is 4.79. The molecular weight excluding hydrogens is 330 g/mol. The summed E-state index contributed by atoms with van der Waals surface area (Å²) >= 11 is 0. The van der Waals surface area contributed by atoms with E-state index in [0.717, 1.165) is 5.56 Å². The van der Waals surface area contributed by atoms with Gasteiger partial charge in [-0.05, 0) is 26.0 Å². The van der Waals surface area contributed by atoms with Crippen molar-refractivity contribution in [3.05, 3.63) is 41.5 Å². The number of nitrogens with zero attached hydrogens (tertiary/aromatic N) is 3. The molecule has 1 saturated heterocycles. The average molecular weight is 351 g/mol. The highest BCUT2D eigenvalue weighted by Gasteiger charge is 2.42. The van der Waals surface area contributed by atoms with Gasteiger partial charge in [0.05, 0.1) is 17.4 Å². The lowest BCUT2D eigenvalue weighted by molar-refractivity contribution is 0.145. The predicted molar refractivity (Wildman–Crippen MR) is 87.1 cm³/mol. The number of rotatable bonds is 5. The van der Waals surface area contributed by atoms with Crippen molar-refractivity contribution in [2.75, 3.05) is 26.8 Å². The molecule has 0 aliphatic carbocycles. The number of hydrogen-bond acceptors (Lipinski definition) is 6. The van der Waals surface area contributed by atoms with Crippen molar-refractivity contribution in [3.8, 4) is 0 Å². The highest BCUT2D eigenvalue weighted by Crippen LogP contribution is 2.35. The molecule has 0 spiro atoms. The van der Waals surface area contributed by atoms with E-state index in [2.05, 4.69) is 10.1 Å². The third-order valence-electron chi connectivity index (χ3n) is 4.31. The fourth-order valence-electron chi connectivity index (χ4n) is 3.01. The Kier molecular flexibility index (Phi) is 4.71. The summed E-state index contributed by atoms with van der Waals surface area (Å²) in [5, 5.41) is 3.82. The Morgan fingerprint density at radius 2 is 1.96 bits per heavy atom. The van der Waals surface area contributed by atoms with E-state index in [9.17, 15) is 8.42 Å². The fourth-order valence-corrected chi connectivity index (χ4v) is 4.54.